The van der Waals surface area contributed by atoms with Crippen LogP contribution in [0.4, 0.5) is 0 Å². The number of carbonyl (C=O) groups excluding carboxylic acids is 1. The average Bonchev–Trinajstić information content (AvgIpc) is 3.17. The fraction of sp³-hybridized carbons (Fsp3) is 0.467. The minimum absolute atomic E-state index is 0.0120. The van der Waals surface area contributed by atoms with Crippen LogP contribution in [-0.2, 0) is 0 Å². The second-order valence-electron chi connectivity index (χ2n) is 5.32. The van der Waals surface area contributed by atoms with Gasteiger partial charge in [0, 0.05) is 24.6 Å². The van der Waals surface area contributed by atoms with Gasteiger partial charge >= 0.3 is 0 Å². The van der Waals surface area contributed by atoms with Gasteiger partial charge in [-0.3, -0.25) is 4.79 Å². The fourth-order valence-electron chi connectivity index (χ4n) is 2.69. The second kappa shape index (κ2) is 5.99. The van der Waals surface area contributed by atoms with E-state index >= 15 is 0 Å². The SMILES string of the molecule is Cc1sc(-c2ccco2)nc1C(=O)N1CCC(CCO)C1. The summed E-state index contributed by atoms with van der Waals surface area (Å²) in [5.74, 6) is 1.09. The zero-order valence-electron chi connectivity index (χ0n) is 11.9. The van der Waals surface area contributed by atoms with Crippen molar-refractivity contribution in [2.24, 2.45) is 5.92 Å². The third kappa shape index (κ3) is 2.87. The number of thiazole rings is 1. The Hall–Kier alpha value is -1.66. The first-order valence-electron chi connectivity index (χ1n) is 7.10. The number of rotatable bonds is 4. The van der Waals surface area contributed by atoms with E-state index in [2.05, 4.69) is 4.98 Å². The summed E-state index contributed by atoms with van der Waals surface area (Å²) in [4.78, 5) is 19.8. The number of likely N-dealkylation sites (tertiary alicyclic amines) is 1. The highest BCUT2D eigenvalue weighted by Gasteiger charge is 2.29. The lowest BCUT2D eigenvalue weighted by atomic mass is 10.1. The Morgan fingerprint density at radius 2 is 2.48 bits per heavy atom. The molecule has 21 heavy (non-hydrogen) atoms. The molecule has 2 aromatic heterocycles. The first kappa shape index (κ1) is 14.3. The highest BCUT2D eigenvalue weighted by atomic mass is 32.1. The summed E-state index contributed by atoms with van der Waals surface area (Å²) in [5, 5.41) is 9.74. The first-order chi connectivity index (χ1) is 10.2. The Kier molecular flexibility index (Phi) is 4.07. The van der Waals surface area contributed by atoms with Gasteiger partial charge in [-0.2, -0.15) is 0 Å². The molecule has 6 heteroatoms. The molecule has 1 N–H and O–H groups in total. The molecule has 0 bridgehead atoms. The van der Waals surface area contributed by atoms with E-state index in [1.54, 1.807) is 6.26 Å². The van der Waals surface area contributed by atoms with Gasteiger partial charge in [-0.1, -0.05) is 0 Å². The van der Waals surface area contributed by atoms with Crippen molar-refractivity contribution in [3.8, 4) is 10.8 Å². The van der Waals surface area contributed by atoms with Crippen molar-refractivity contribution in [3.05, 3.63) is 29.0 Å². The molecular formula is C15H18N2O3S. The van der Waals surface area contributed by atoms with Gasteiger partial charge in [0.1, 0.15) is 5.69 Å². The summed E-state index contributed by atoms with van der Waals surface area (Å²) in [7, 11) is 0. The number of hydrogen-bond acceptors (Lipinski definition) is 5. The largest absolute Gasteiger partial charge is 0.462 e. The maximum atomic E-state index is 12.6. The van der Waals surface area contributed by atoms with Gasteiger partial charge in [-0.05, 0) is 37.8 Å². The van der Waals surface area contributed by atoms with E-state index in [0.29, 0.717) is 23.9 Å². The summed E-state index contributed by atoms with van der Waals surface area (Å²) < 4.78 is 5.34. The maximum Gasteiger partial charge on any atom is 0.273 e. The van der Waals surface area contributed by atoms with Gasteiger partial charge in [0.15, 0.2) is 10.8 Å². The fourth-order valence-corrected chi connectivity index (χ4v) is 3.56. The molecule has 3 heterocycles. The van der Waals surface area contributed by atoms with Crippen molar-refractivity contribution in [1.82, 2.24) is 9.88 Å². The summed E-state index contributed by atoms with van der Waals surface area (Å²) in [5.41, 5.74) is 0.524. The molecule has 0 spiro atoms. The Labute approximate surface area is 127 Å². The van der Waals surface area contributed by atoms with E-state index in [9.17, 15) is 4.79 Å². The molecule has 5 nitrogen and oxygen atoms in total. The van der Waals surface area contributed by atoms with Gasteiger partial charge in [0.25, 0.3) is 5.91 Å². The molecule has 1 aliphatic heterocycles. The summed E-state index contributed by atoms with van der Waals surface area (Å²) in [6, 6.07) is 3.66. The van der Waals surface area contributed by atoms with Crippen LogP contribution in [0, 0.1) is 12.8 Å². The smallest absolute Gasteiger partial charge is 0.273 e. The summed E-state index contributed by atoms with van der Waals surface area (Å²) in [6.45, 7) is 3.56. The van der Waals surface area contributed by atoms with Gasteiger partial charge < -0.3 is 14.4 Å². The molecule has 1 atom stereocenters. The van der Waals surface area contributed by atoms with E-state index in [1.165, 1.54) is 11.3 Å². The van der Waals surface area contributed by atoms with E-state index in [4.69, 9.17) is 9.52 Å². The van der Waals surface area contributed by atoms with Crippen molar-refractivity contribution >= 4 is 17.2 Å². The third-order valence-electron chi connectivity index (χ3n) is 3.84. The molecule has 1 fully saturated rings. The van der Waals surface area contributed by atoms with Crippen LogP contribution in [0.1, 0.15) is 28.2 Å². The van der Waals surface area contributed by atoms with Crippen LogP contribution in [0.3, 0.4) is 0 Å². The van der Waals surface area contributed by atoms with Crippen molar-refractivity contribution in [3.63, 3.8) is 0 Å². The van der Waals surface area contributed by atoms with Crippen molar-refractivity contribution < 1.29 is 14.3 Å². The van der Waals surface area contributed by atoms with Crippen LogP contribution >= 0.6 is 11.3 Å². The number of carbonyl (C=O) groups is 1. The quantitative estimate of drug-likeness (QED) is 0.942. The number of aryl methyl sites for hydroxylation is 1. The molecule has 0 radical (unpaired) electrons. The molecule has 0 aromatic carbocycles. The molecule has 0 aliphatic carbocycles. The number of furan rings is 1. The normalized spacial score (nSPS) is 18.4. The Morgan fingerprint density at radius 1 is 1.62 bits per heavy atom. The van der Waals surface area contributed by atoms with E-state index in [1.807, 2.05) is 24.0 Å². The molecule has 2 aromatic rings. The van der Waals surface area contributed by atoms with Crippen LogP contribution in [0.15, 0.2) is 22.8 Å². The van der Waals surface area contributed by atoms with Gasteiger partial charge in [-0.25, -0.2) is 4.98 Å². The predicted molar refractivity (Wildman–Crippen MR) is 80.3 cm³/mol. The van der Waals surface area contributed by atoms with Crippen LogP contribution in [0.25, 0.3) is 10.8 Å². The Bertz CT molecular complexity index is 621. The van der Waals surface area contributed by atoms with Gasteiger partial charge in [-0.15, -0.1) is 11.3 Å². The molecule has 3 rings (SSSR count). The zero-order valence-corrected chi connectivity index (χ0v) is 12.7. The second-order valence-corrected chi connectivity index (χ2v) is 6.52. The van der Waals surface area contributed by atoms with Crippen molar-refractivity contribution in [2.75, 3.05) is 19.7 Å². The van der Waals surface area contributed by atoms with Gasteiger partial charge in [0.05, 0.1) is 6.26 Å². The van der Waals surface area contributed by atoms with E-state index < -0.39 is 0 Å². The topological polar surface area (TPSA) is 66.6 Å². The lowest BCUT2D eigenvalue weighted by Gasteiger charge is -2.15. The maximum absolute atomic E-state index is 12.6. The standard InChI is InChI=1S/C15H18N2O3S/c1-10-13(16-14(21-10)12-3-2-8-20-12)15(19)17-6-4-11(9-17)5-7-18/h2-3,8,11,18H,4-7,9H2,1H3. The number of aromatic nitrogens is 1. The minimum atomic E-state index is -0.0120. The zero-order chi connectivity index (χ0) is 14.8. The highest BCUT2D eigenvalue weighted by molar-refractivity contribution is 7.15. The number of amides is 1. The molecule has 0 saturated carbocycles. The molecular weight excluding hydrogens is 288 g/mol. The summed E-state index contributed by atoms with van der Waals surface area (Å²) >= 11 is 1.48. The molecule has 1 aliphatic rings. The Balaban J connectivity index is 1.76. The number of aliphatic hydroxyl groups is 1. The monoisotopic (exact) mass is 306 g/mol. The van der Waals surface area contributed by atoms with Crippen molar-refractivity contribution in [2.45, 2.75) is 19.8 Å². The lowest BCUT2D eigenvalue weighted by Crippen LogP contribution is -2.29. The lowest BCUT2D eigenvalue weighted by molar-refractivity contribution is 0.0779. The average molecular weight is 306 g/mol. The van der Waals surface area contributed by atoms with E-state index in [-0.39, 0.29) is 12.5 Å². The van der Waals surface area contributed by atoms with Crippen LogP contribution < -0.4 is 0 Å². The van der Waals surface area contributed by atoms with Crippen molar-refractivity contribution in [1.29, 1.82) is 0 Å². The Morgan fingerprint density at radius 3 is 3.19 bits per heavy atom. The van der Waals surface area contributed by atoms with Crippen LogP contribution in [0.2, 0.25) is 0 Å². The first-order valence-corrected chi connectivity index (χ1v) is 7.92. The van der Waals surface area contributed by atoms with Gasteiger partial charge in [0.2, 0.25) is 0 Å². The van der Waals surface area contributed by atoms with E-state index in [0.717, 1.165) is 29.3 Å². The highest BCUT2D eigenvalue weighted by Crippen LogP contribution is 2.29. The number of nitrogens with zero attached hydrogens (tertiary/aromatic N) is 2. The number of hydrogen-bond donors (Lipinski definition) is 1. The minimum Gasteiger partial charge on any atom is -0.462 e. The summed E-state index contributed by atoms with van der Waals surface area (Å²) in [6.07, 6.45) is 3.32. The predicted octanol–water partition coefficient (Wildman–Crippen LogP) is 2.56. The number of aliphatic hydroxyl groups excluding tert-OH is 1. The van der Waals surface area contributed by atoms with Crippen LogP contribution in [-0.4, -0.2) is 40.6 Å². The molecule has 112 valence electrons. The molecule has 1 unspecified atom stereocenters. The molecule has 1 saturated heterocycles. The third-order valence-corrected chi connectivity index (χ3v) is 4.83. The van der Waals surface area contributed by atoms with Crippen LogP contribution in [0.5, 0.6) is 0 Å². The molecule has 1 amide bonds.